The lowest BCUT2D eigenvalue weighted by atomic mass is 10.00. The van der Waals surface area contributed by atoms with Crippen LogP contribution in [0.25, 0.3) is 0 Å². The zero-order chi connectivity index (χ0) is 22.1. The van der Waals surface area contributed by atoms with E-state index in [-0.39, 0.29) is 17.9 Å². The molecule has 4 heterocycles. The number of pyridine rings is 1. The maximum Gasteiger partial charge on any atom is 0.276 e. The van der Waals surface area contributed by atoms with Gasteiger partial charge in [0.2, 0.25) is 0 Å². The summed E-state index contributed by atoms with van der Waals surface area (Å²) in [6.45, 7) is 4.36. The van der Waals surface area contributed by atoms with E-state index in [4.69, 9.17) is 0 Å². The van der Waals surface area contributed by atoms with Crippen molar-refractivity contribution in [3.05, 3.63) is 76.9 Å². The molecule has 0 spiro atoms. The van der Waals surface area contributed by atoms with Gasteiger partial charge in [0.1, 0.15) is 0 Å². The zero-order valence-electron chi connectivity index (χ0n) is 18.1. The molecule has 0 bridgehead atoms. The summed E-state index contributed by atoms with van der Waals surface area (Å²) in [5.74, 6) is -0.0995. The highest BCUT2D eigenvalue weighted by Gasteiger charge is 2.31. The first-order chi connectivity index (χ1) is 15.6. The molecule has 32 heavy (non-hydrogen) atoms. The summed E-state index contributed by atoms with van der Waals surface area (Å²) >= 11 is 0. The molecule has 1 unspecified atom stereocenters. The molecule has 0 saturated carbocycles. The molecule has 8 heteroatoms. The Hall–Kier alpha value is -3.55. The van der Waals surface area contributed by atoms with Crippen LogP contribution in [-0.4, -0.2) is 60.7 Å². The number of aromatic nitrogens is 4. The molecule has 1 saturated heterocycles. The van der Waals surface area contributed by atoms with Crippen molar-refractivity contribution in [2.75, 3.05) is 13.1 Å². The predicted octanol–water partition coefficient (Wildman–Crippen LogP) is 2.48. The van der Waals surface area contributed by atoms with Crippen LogP contribution in [0, 0.1) is 6.92 Å². The molecule has 0 radical (unpaired) electrons. The van der Waals surface area contributed by atoms with E-state index in [9.17, 15) is 9.59 Å². The fourth-order valence-corrected chi connectivity index (χ4v) is 4.69. The molecular formula is C24H26N6O2. The summed E-state index contributed by atoms with van der Waals surface area (Å²) in [7, 11) is 0. The lowest BCUT2D eigenvalue weighted by molar-refractivity contribution is 0.0713. The van der Waals surface area contributed by atoms with Crippen molar-refractivity contribution in [1.29, 1.82) is 0 Å². The molecule has 5 rings (SSSR count). The van der Waals surface area contributed by atoms with Crippen LogP contribution in [0.4, 0.5) is 0 Å². The van der Waals surface area contributed by atoms with Gasteiger partial charge in [0.25, 0.3) is 11.8 Å². The molecule has 1 aromatic carbocycles. The van der Waals surface area contributed by atoms with Crippen LogP contribution in [0.1, 0.15) is 50.5 Å². The molecule has 164 valence electrons. The number of hydrogen-bond donors (Lipinski definition) is 0. The van der Waals surface area contributed by atoms with Crippen LogP contribution < -0.4 is 0 Å². The predicted molar refractivity (Wildman–Crippen MR) is 118 cm³/mol. The van der Waals surface area contributed by atoms with E-state index in [2.05, 4.69) is 27.4 Å². The minimum atomic E-state index is -0.101. The Kier molecular flexibility index (Phi) is 5.43. The first kappa shape index (κ1) is 20.4. The average molecular weight is 431 g/mol. The smallest absolute Gasteiger partial charge is 0.276 e. The minimum absolute atomic E-state index is 0.00139. The number of likely N-dealkylation sites (tertiary alicyclic amines) is 1. The van der Waals surface area contributed by atoms with Gasteiger partial charge in [-0.05, 0) is 49.4 Å². The number of nitrogens with zero attached hydrogens (tertiary/aromatic N) is 6. The third-order valence-corrected chi connectivity index (χ3v) is 6.45. The van der Waals surface area contributed by atoms with Crippen LogP contribution in [0.5, 0.6) is 0 Å². The van der Waals surface area contributed by atoms with Gasteiger partial charge in [-0.15, -0.1) is 5.10 Å². The average Bonchev–Trinajstić information content (AvgIpc) is 3.48. The van der Waals surface area contributed by atoms with E-state index in [0.717, 1.165) is 25.0 Å². The lowest BCUT2D eigenvalue weighted by Crippen LogP contribution is -2.38. The van der Waals surface area contributed by atoms with Gasteiger partial charge >= 0.3 is 0 Å². The number of carbonyl (C=O) groups excluding carboxylic acids is 2. The Morgan fingerprint density at radius 3 is 2.75 bits per heavy atom. The standard InChI is InChI=1S/C24H26N6O2/c1-17-21(9-4-11-25-17)23(31)30-12-5-8-20(30)15-29-16-22(26-27-29)24(32)28-13-10-18-6-2-3-7-19(18)14-28/h2-4,6-7,9,11,16,20H,5,8,10,12-15H2,1H3. The minimum Gasteiger partial charge on any atom is -0.334 e. The van der Waals surface area contributed by atoms with Gasteiger partial charge in [-0.25, -0.2) is 4.68 Å². The molecule has 2 aromatic heterocycles. The van der Waals surface area contributed by atoms with Gasteiger partial charge in [-0.1, -0.05) is 29.5 Å². The lowest BCUT2D eigenvalue weighted by Gasteiger charge is -2.28. The van der Waals surface area contributed by atoms with Gasteiger partial charge in [-0.2, -0.15) is 0 Å². The Balaban J connectivity index is 1.26. The number of amides is 2. The van der Waals surface area contributed by atoms with E-state index in [1.807, 2.05) is 34.9 Å². The highest BCUT2D eigenvalue weighted by atomic mass is 16.2. The highest BCUT2D eigenvalue weighted by molar-refractivity contribution is 5.95. The van der Waals surface area contributed by atoms with Crippen LogP contribution in [0.15, 0.2) is 48.8 Å². The van der Waals surface area contributed by atoms with E-state index >= 15 is 0 Å². The highest BCUT2D eigenvalue weighted by Crippen LogP contribution is 2.23. The molecule has 2 aliphatic rings. The Morgan fingerprint density at radius 2 is 1.91 bits per heavy atom. The van der Waals surface area contributed by atoms with Crippen molar-refractivity contribution in [2.45, 2.75) is 45.3 Å². The molecule has 0 aliphatic carbocycles. The first-order valence-electron chi connectivity index (χ1n) is 11.1. The molecule has 2 aliphatic heterocycles. The van der Waals surface area contributed by atoms with Gasteiger partial charge in [0.05, 0.1) is 24.3 Å². The van der Waals surface area contributed by atoms with E-state index in [1.165, 1.54) is 11.1 Å². The molecule has 1 fully saturated rings. The Morgan fingerprint density at radius 1 is 1.06 bits per heavy atom. The summed E-state index contributed by atoms with van der Waals surface area (Å²) in [4.78, 5) is 34.0. The van der Waals surface area contributed by atoms with E-state index in [1.54, 1.807) is 23.1 Å². The van der Waals surface area contributed by atoms with Gasteiger partial charge in [0, 0.05) is 31.5 Å². The van der Waals surface area contributed by atoms with Gasteiger partial charge < -0.3 is 9.80 Å². The van der Waals surface area contributed by atoms with Crippen LogP contribution >= 0.6 is 0 Å². The second-order valence-corrected chi connectivity index (χ2v) is 8.50. The van der Waals surface area contributed by atoms with Crippen molar-refractivity contribution < 1.29 is 9.59 Å². The zero-order valence-corrected chi connectivity index (χ0v) is 18.1. The van der Waals surface area contributed by atoms with Gasteiger partial charge in [0.15, 0.2) is 5.69 Å². The molecule has 0 N–H and O–H groups in total. The normalized spacial score (nSPS) is 18.0. The maximum atomic E-state index is 13.1. The van der Waals surface area contributed by atoms with Gasteiger partial charge in [-0.3, -0.25) is 14.6 Å². The van der Waals surface area contributed by atoms with Crippen molar-refractivity contribution in [3.8, 4) is 0 Å². The monoisotopic (exact) mass is 430 g/mol. The second-order valence-electron chi connectivity index (χ2n) is 8.50. The SMILES string of the molecule is Cc1ncccc1C(=O)N1CCCC1Cn1cc(C(=O)N2CCc3ccccc3C2)nn1. The maximum absolute atomic E-state index is 13.1. The van der Waals surface area contributed by atoms with Crippen LogP contribution in [-0.2, 0) is 19.5 Å². The molecular weight excluding hydrogens is 404 g/mol. The summed E-state index contributed by atoms with van der Waals surface area (Å²) in [6, 6.07) is 11.9. The van der Waals surface area contributed by atoms with Crippen LogP contribution in [0.3, 0.4) is 0 Å². The number of carbonyl (C=O) groups is 2. The summed E-state index contributed by atoms with van der Waals surface area (Å²) in [6.07, 6.45) is 6.10. The number of benzene rings is 1. The van der Waals surface area contributed by atoms with E-state index < -0.39 is 0 Å². The first-order valence-corrected chi connectivity index (χ1v) is 11.1. The van der Waals surface area contributed by atoms with Crippen molar-refractivity contribution in [3.63, 3.8) is 0 Å². The fourth-order valence-electron chi connectivity index (χ4n) is 4.69. The van der Waals surface area contributed by atoms with Crippen molar-refractivity contribution in [2.24, 2.45) is 0 Å². The molecule has 3 aromatic rings. The number of aryl methyl sites for hydroxylation is 1. The fraction of sp³-hybridized carbons (Fsp3) is 0.375. The van der Waals surface area contributed by atoms with Crippen LogP contribution in [0.2, 0.25) is 0 Å². The molecule has 8 nitrogen and oxygen atoms in total. The molecule has 1 atom stereocenters. The van der Waals surface area contributed by atoms with E-state index in [0.29, 0.717) is 37.4 Å². The number of rotatable bonds is 4. The molecule has 2 amide bonds. The quantitative estimate of drug-likeness (QED) is 0.635. The third-order valence-electron chi connectivity index (χ3n) is 6.45. The Labute approximate surface area is 186 Å². The third kappa shape index (κ3) is 3.88. The second kappa shape index (κ2) is 8.53. The number of hydrogen-bond acceptors (Lipinski definition) is 5. The summed E-state index contributed by atoms with van der Waals surface area (Å²) < 4.78 is 1.69. The Bertz CT molecular complexity index is 1160. The van der Waals surface area contributed by atoms with Crippen molar-refractivity contribution in [1.82, 2.24) is 29.8 Å². The summed E-state index contributed by atoms with van der Waals surface area (Å²) in [5, 5.41) is 8.33. The summed E-state index contributed by atoms with van der Waals surface area (Å²) in [5.41, 5.74) is 4.21. The topological polar surface area (TPSA) is 84.2 Å². The van der Waals surface area contributed by atoms with Crippen molar-refractivity contribution >= 4 is 11.8 Å². The number of fused-ring (bicyclic) bond motifs is 1. The largest absolute Gasteiger partial charge is 0.334 e.